The Morgan fingerprint density at radius 2 is 1.63 bits per heavy atom. The lowest BCUT2D eigenvalue weighted by Crippen LogP contribution is -2.54. The highest BCUT2D eigenvalue weighted by Gasteiger charge is 2.29. The van der Waals surface area contributed by atoms with E-state index in [2.05, 4.69) is 46.9 Å². The standard InChI is InChI=1S/C51H62N12O10/c1-30(2)44(61-41(65)11-4-3-5-23-63-42(66)20-21-43(63)67)48(69)60-38(9-7-22-53-49(52)70)47(68)58-34-14-12-31(13-15-34)28-72-51(71)55-27-33-24-35(25-39-45(33)57-29-56-39)59-50-54-26-32-8-6-10-40(46(32)62-50)73-37-18-16-36(64)17-19-37/h6,8,10,12-15,20-21,24-26,29-30,36-38,44,64H,3-5,7,9,11,16-19,22-23,27-28H2,1-2H3,(H,55,71)(H,56,57)(H,58,68)(H,60,69)(H,61,65)(H3,52,53,70)(H,54,59,62)/t36?,37?,38-,44?/m0/s1. The van der Waals surface area contributed by atoms with E-state index >= 15 is 0 Å². The predicted octanol–water partition coefficient (Wildman–Crippen LogP) is 4.86. The number of carbonyl (C=O) groups excluding carboxylic acids is 7. The maximum atomic E-state index is 13.6. The number of H-pyrrole nitrogens is 1. The number of benzene rings is 3. The summed E-state index contributed by atoms with van der Waals surface area (Å²) in [6, 6.07) is 13.3. The molecular formula is C51H62N12O10. The van der Waals surface area contributed by atoms with Gasteiger partial charge in [-0.25, -0.2) is 24.5 Å². The summed E-state index contributed by atoms with van der Waals surface area (Å²) in [5, 5.41) is 27.6. The number of aliphatic hydroxyl groups is 1. The average molecular weight is 1000 g/mol. The first-order valence-electron chi connectivity index (χ1n) is 24.5. The van der Waals surface area contributed by atoms with Crippen molar-refractivity contribution in [1.29, 1.82) is 0 Å². The summed E-state index contributed by atoms with van der Waals surface area (Å²) >= 11 is 0. The van der Waals surface area contributed by atoms with Gasteiger partial charge in [-0.1, -0.05) is 44.5 Å². The minimum atomic E-state index is -1.06. The zero-order chi connectivity index (χ0) is 51.9. The Kier molecular flexibility index (Phi) is 18.3. The molecule has 0 radical (unpaired) electrons. The summed E-state index contributed by atoms with van der Waals surface area (Å²) in [5.41, 5.74) is 9.61. The normalized spacial score (nSPS) is 16.2. The second-order valence-corrected chi connectivity index (χ2v) is 18.4. The van der Waals surface area contributed by atoms with Crippen LogP contribution in [0.15, 0.2) is 79.3 Å². The number of ether oxygens (including phenoxy) is 2. The lowest BCUT2D eigenvalue weighted by atomic mass is 9.95. The molecule has 10 N–H and O–H groups in total. The number of hydrogen-bond donors (Lipinski definition) is 9. The molecule has 22 nitrogen and oxygen atoms in total. The number of nitrogens with two attached hydrogens (primary N) is 1. The zero-order valence-electron chi connectivity index (χ0n) is 40.8. The van der Waals surface area contributed by atoms with E-state index < -0.39 is 36.0 Å². The van der Waals surface area contributed by atoms with Crippen LogP contribution >= 0.6 is 0 Å². The van der Waals surface area contributed by atoms with Crippen LogP contribution in [0.25, 0.3) is 21.9 Å². The Morgan fingerprint density at radius 1 is 0.863 bits per heavy atom. The van der Waals surface area contributed by atoms with Crippen LogP contribution in [-0.4, -0.2) is 109 Å². The van der Waals surface area contributed by atoms with Crippen LogP contribution in [0.5, 0.6) is 5.75 Å². The van der Waals surface area contributed by atoms with Gasteiger partial charge in [-0.05, 0) is 93.2 Å². The summed E-state index contributed by atoms with van der Waals surface area (Å²) in [6.45, 7) is 3.94. The molecule has 0 bridgehead atoms. The summed E-state index contributed by atoms with van der Waals surface area (Å²) in [5.74, 6) is -1.53. The molecule has 2 aliphatic rings. The number of aromatic amines is 1. The first kappa shape index (κ1) is 52.7. The molecule has 1 aliphatic carbocycles. The number of nitrogens with one attached hydrogen (secondary N) is 7. The van der Waals surface area contributed by atoms with Crippen LogP contribution in [0.3, 0.4) is 0 Å². The van der Waals surface area contributed by atoms with E-state index in [1.165, 1.54) is 12.2 Å². The van der Waals surface area contributed by atoms with Gasteiger partial charge in [-0.15, -0.1) is 0 Å². The Morgan fingerprint density at radius 3 is 2.37 bits per heavy atom. The number of alkyl carbamates (subject to hydrolysis) is 1. The lowest BCUT2D eigenvalue weighted by Gasteiger charge is -2.26. The lowest BCUT2D eigenvalue weighted by molar-refractivity contribution is -0.137. The monoisotopic (exact) mass is 1000 g/mol. The van der Waals surface area contributed by atoms with E-state index in [1.54, 1.807) is 50.6 Å². The highest BCUT2D eigenvalue weighted by atomic mass is 16.5. The molecule has 73 heavy (non-hydrogen) atoms. The average Bonchev–Trinajstić information content (AvgIpc) is 3.98. The van der Waals surface area contributed by atoms with Crippen LogP contribution in [-0.2, 0) is 41.9 Å². The van der Waals surface area contributed by atoms with Gasteiger partial charge >= 0.3 is 12.1 Å². The Balaban J connectivity index is 0.891. The number of nitrogens with zero attached hydrogens (tertiary/aromatic N) is 4. The molecule has 1 fully saturated rings. The molecule has 22 heteroatoms. The fraction of sp³-hybridized carbons (Fsp3) is 0.412. The second-order valence-electron chi connectivity index (χ2n) is 18.4. The van der Waals surface area contributed by atoms with Crippen molar-refractivity contribution < 1.29 is 48.1 Å². The van der Waals surface area contributed by atoms with E-state index in [0.717, 1.165) is 28.6 Å². The fourth-order valence-corrected chi connectivity index (χ4v) is 8.48. The molecule has 5 aromatic rings. The number of para-hydroxylation sites is 1. The maximum Gasteiger partial charge on any atom is 0.407 e. The first-order chi connectivity index (χ1) is 35.2. The van der Waals surface area contributed by atoms with Crippen LogP contribution in [0, 0.1) is 5.92 Å². The van der Waals surface area contributed by atoms with Crippen molar-refractivity contribution in [2.24, 2.45) is 11.7 Å². The van der Waals surface area contributed by atoms with E-state index in [1.807, 2.05) is 30.3 Å². The zero-order valence-corrected chi connectivity index (χ0v) is 40.8. The highest BCUT2D eigenvalue weighted by Crippen LogP contribution is 2.30. The Labute approximate surface area is 421 Å². The number of hydrogen-bond acceptors (Lipinski definition) is 14. The number of unbranched alkanes of at least 4 members (excludes halogenated alkanes) is 2. The molecule has 2 atom stereocenters. The van der Waals surface area contributed by atoms with Crippen molar-refractivity contribution in [2.75, 3.05) is 23.7 Å². The van der Waals surface area contributed by atoms with Gasteiger partial charge in [0.2, 0.25) is 23.7 Å². The van der Waals surface area contributed by atoms with Gasteiger partial charge in [0, 0.05) is 66.7 Å². The molecule has 386 valence electrons. The number of aromatic nitrogens is 4. The number of imidazole rings is 1. The van der Waals surface area contributed by atoms with Gasteiger partial charge in [0.25, 0.3) is 11.8 Å². The Bertz CT molecular complexity index is 2790. The maximum absolute atomic E-state index is 13.6. The SMILES string of the molecule is CC(C)C(NC(=O)CCCCCN1C(=O)C=CC1=O)C(=O)N[C@@H](CCCNC(N)=O)C(=O)Nc1ccc(COC(=O)NCc2cc(Nc3ncc4cccc(OC5CCC(O)CC5)c4n3)cc3[nH]cnc23)cc1. The smallest absolute Gasteiger partial charge is 0.407 e. The molecule has 3 heterocycles. The van der Waals surface area contributed by atoms with Gasteiger partial charge in [-0.3, -0.25) is 28.9 Å². The van der Waals surface area contributed by atoms with Gasteiger partial charge in [0.15, 0.2) is 0 Å². The molecular weight excluding hydrogens is 941 g/mol. The number of amides is 8. The predicted molar refractivity (Wildman–Crippen MR) is 270 cm³/mol. The minimum absolute atomic E-state index is 0.0104. The van der Waals surface area contributed by atoms with E-state index in [-0.39, 0.29) is 74.9 Å². The molecule has 1 unspecified atom stereocenters. The van der Waals surface area contributed by atoms with Gasteiger partial charge in [-0.2, -0.15) is 0 Å². The van der Waals surface area contributed by atoms with Gasteiger partial charge in [0.1, 0.15) is 30.0 Å². The summed E-state index contributed by atoms with van der Waals surface area (Å²) < 4.78 is 11.9. The number of imide groups is 1. The van der Waals surface area contributed by atoms with Gasteiger partial charge in [0.05, 0.1) is 29.6 Å². The van der Waals surface area contributed by atoms with E-state index in [0.29, 0.717) is 83.8 Å². The molecule has 1 saturated carbocycles. The fourth-order valence-electron chi connectivity index (χ4n) is 8.48. The van der Waals surface area contributed by atoms with Crippen molar-refractivity contribution in [3.8, 4) is 5.75 Å². The number of rotatable bonds is 24. The molecule has 7 rings (SSSR count). The quantitative estimate of drug-likeness (QED) is 0.0295. The van der Waals surface area contributed by atoms with Crippen LogP contribution in [0.1, 0.15) is 89.2 Å². The third kappa shape index (κ3) is 15.2. The number of urea groups is 1. The number of carbonyl (C=O) groups is 7. The number of aliphatic hydroxyl groups excluding tert-OH is 1. The molecule has 0 saturated heterocycles. The highest BCUT2D eigenvalue weighted by molar-refractivity contribution is 6.12. The Hall–Kier alpha value is -8.14. The minimum Gasteiger partial charge on any atom is -0.488 e. The van der Waals surface area contributed by atoms with Gasteiger partial charge < -0.3 is 57.2 Å². The number of fused-ring (bicyclic) bond motifs is 2. The third-order valence-corrected chi connectivity index (χ3v) is 12.4. The van der Waals surface area contributed by atoms with E-state index in [9.17, 15) is 38.7 Å². The summed E-state index contributed by atoms with van der Waals surface area (Å²) in [6.07, 6.45) is 9.80. The summed E-state index contributed by atoms with van der Waals surface area (Å²) in [4.78, 5) is 106. The summed E-state index contributed by atoms with van der Waals surface area (Å²) in [7, 11) is 0. The van der Waals surface area contributed by atoms with Crippen LogP contribution < -0.4 is 42.4 Å². The molecule has 1 aliphatic heterocycles. The van der Waals surface area contributed by atoms with Crippen LogP contribution in [0.2, 0.25) is 0 Å². The van der Waals surface area contributed by atoms with Crippen molar-refractivity contribution in [3.63, 3.8) is 0 Å². The van der Waals surface area contributed by atoms with Crippen molar-refractivity contribution >= 4 is 80.9 Å². The number of primary amides is 1. The topological polar surface area (TPSA) is 314 Å². The largest absolute Gasteiger partial charge is 0.488 e. The van der Waals surface area contributed by atoms with E-state index in [4.69, 9.17) is 20.2 Å². The second kappa shape index (κ2) is 25.3. The van der Waals surface area contributed by atoms with Crippen molar-refractivity contribution in [1.82, 2.24) is 46.1 Å². The van der Waals surface area contributed by atoms with Crippen molar-refractivity contribution in [3.05, 3.63) is 90.4 Å². The van der Waals surface area contributed by atoms with Crippen molar-refractivity contribution in [2.45, 2.75) is 115 Å². The molecule has 0 spiro atoms. The first-order valence-corrected chi connectivity index (χ1v) is 24.5. The van der Waals surface area contributed by atoms with Crippen LogP contribution in [0.4, 0.5) is 26.9 Å². The molecule has 3 aromatic carbocycles. The molecule has 8 amide bonds. The third-order valence-electron chi connectivity index (χ3n) is 12.4. The number of anilines is 3. The molecule has 2 aromatic heterocycles.